The van der Waals surface area contributed by atoms with Crippen molar-refractivity contribution in [2.24, 2.45) is 5.84 Å². The molecule has 1 rings (SSSR count). The van der Waals surface area contributed by atoms with E-state index in [9.17, 15) is 32.9 Å². The van der Waals surface area contributed by atoms with Gasteiger partial charge in [-0.2, -0.15) is 13.2 Å². The number of carbonyl (C=O) groups excluding carboxylic acids is 2. The second-order valence-corrected chi connectivity index (χ2v) is 3.27. The second kappa shape index (κ2) is 5.02. The summed E-state index contributed by atoms with van der Waals surface area (Å²) in [5.41, 5.74) is -3.29. The molecule has 0 saturated heterocycles. The largest absolute Gasteiger partial charge is 0.423 e. The van der Waals surface area contributed by atoms with Crippen molar-refractivity contribution in [1.82, 2.24) is 5.43 Å². The molecule has 0 saturated carbocycles. The number of carbonyl (C=O) groups is 2. The molecule has 1 amide bonds. The van der Waals surface area contributed by atoms with Crippen LogP contribution in [0.4, 0.5) is 18.9 Å². The van der Waals surface area contributed by atoms with Gasteiger partial charge in [0.15, 0.2) is 6.29 Å². The Morgan fingerprint density at radius 1 is 1.42 bits per heavy atom. The molecule has 0 radical (unpaired) electrons. The lowest BCUT2D eigenvalue weighted by Gasteiger charge is -2.11. The topological polar surface area (TPSA) is 115 Å². The summed E-state index contributed by atoms with van der Waals surface area (Å²) in [5, 5.41) is 10.7. The van der Waals surface area contributed by atoms with Crippen molar-refractivity contribution in [2.75, 3.05) is 0 Å². The molecule has 102 valence electrons. The third kappa shape index (κ3) is 2.68. The van der Waals surface area contributed by atoms with Gasteiger partial charge in [-0.1, -0.05) is 0 Å². The Morgan fingerprint density at radius 3 is 2.37 bits per heavy atom. The molecule has 0 aliphatic heterocycles. The summed E-state index contributed by atoms with van der Waals surface area (Å²) in [6, 6.07) is 1.02. The summed E-state index contributed by atoms with van der Waals surface area (Å²) in [6.45, 7) is 0. The zero-order valence-electron chi connectivity index (χ0n) is 9.02. The summed E-state index contributed by atoms with van der Waals surface area (Å²) < 4.78 is 37.9. The summed E-state index contributed by atoms with van der Waals surface area (Å²) in [6.07, 6.45) is -5.02. The van der Waals surface area contributed by atoms with Crippen LogP contribution in [0.2, 0.25) is 0 Å². The number of aldehydes is 1. The Morgan fingerprint density at radius 2 is 2.00 bits per heavy atom. The highest BCUT2D eigenvalue weighted by molar-refractivity contribution is 6.05. The predicted octanol–water partition coefficient (Wildman–Crippen LogP) is 1.03. The van der Waals surface area contributed by atoms with Crippen LogP contribution in [0.25, 0.3) is 0 Å². The number of hydrazine groups is 1. The minimum absolute atomic E-state index is 0.0255. The number of halogens is 3. The SMILES string of the molecule is NNC(=O)c1c(C=O)ccc(C(F)(F)F)c1[N+](=O)[O-]. The number of benzene rings is 1. The van der Waals surface area contributed by atoms with Gasteiger partial charge in [-0.3, -0.25) is 25.1 Å². The highest BCUT2D eigenvalue weighted by atomic mass is 19.4. The standard InChI is InChI=1S/C9H6F3N3O4/c10-9(11,12)5-2-1-4(3-16)6(8(17)14-13)7(5)15(18)19/h1-3H,13H2,(H,14,17). The Bertz CT molecular complexity index is 556. The van der Waals surface area contributed by atoms with Crippen LogP contribution in [-0.2, 0) is 6.18 Å². The van der Waals surface area contributed by atoms with E-state index in [1.165, 1.54) is 5.43 Å². The lowest BCUT2D eigenvalue weighted by Crippen LogP contribution is -2.32. The fourth-order valence-electron chi connectivity index (χ4n) is 1.43. The maximum atomic E-state index is 12.6. The van der Waals surface area contributed by atoms with Crippen LogP contribution in [0.15, 0.2) is 12.1 Å². The van der Waals surface area contributed by atoms with Gasteiger partial charge < -0.3 is 0 Å². The van der Waals surface area contributed by atoms with Gasteiger partial charge in [-0.25, -0.2) is 5.84 Å². The summed E-state index contributed by atoms with van der Waals surface area (Å²) in [4.78, 5) is 31.3. The summed E-state index contributed by atoms with van der Waals surface area (Å²) >= 11 is 0. The van der Waals surface area contributed by atoms with Crippen LogP contribution < -0.4 is 11.3 Å². The number of nitrogens with two attached hydrogens (primary N) is 1. The quantitative estimate of drug-likeness (QED) is 0.281. The first kappa shape index (κ1) is 14.6. The van der Waals surface area contributed by atoms with E-state index in [4.69, 9.17) is 5.84 Å². The number of nitrogen functional groups attached to an aromatic ring is 1. The van der Waals surface area contributed by atoms with Crippen LogP contribution in [0.3, 0.4) is 0 Å². The van der Waals surface area contributed by atoms with E-state index in [1.807, 2.05) is 0 Å². The molecule has 1 aromatic rings. The third-order valence-corrected chi connectivity index (χ3v) is 2.18. The zero-order valence-corrected chi connectivity index (χ0v) is 9.02. The third-order valence-electron chi connectivity index (χ3n) is 2.18. The van der Waals surface area contributed by atoms with Crippen molar-refractivity contribution >= 4 is 17.9 Å². The van der Waals surface area contributed by atoms with Gasteiger partial charge >= 0.3 is 6.18 Å². The van der Waals surface area contributed by atoms with Crippen LogP contribution in [-0.4, -0.2) is 17.1 Å². The van der Waals surface area contributed by atoms with Gasteiger partial charge in [-0.15, -0.1) is 0 Å². The van der Waals surface area contributed by atoms with Crippen molar-refractivity contribution in [2.45, 2.75) is 6.18 Å². The molecule has 3 N–H and O–H groups in total. The molecule has 0 fully saturated rings. The zero-order chi connectivity index (χ0) is 14.8. The van der Waals surface area contributed by atoms with Gasteiger partial charge in [-0.05, 0) is 12.1 Å². The van der Waals surface area contributed by atoms with E-state index in [1.54, 1.807) is 0 Å². The monoisotopic (exact) mass is 277 g/mol. The number of nitrogens with one attached hydrogen (secondary N) is 1. The van der Waals surface area contributed by atoms with Gasteiger partial charge in [0.2, 0.25) is 0 Å². The molecular formula is C9H6F3N3O4. The number of amides is 1. The first-order valence-electron chi connectivity index (χ1n) is 4.58. The molecule has 0 atom stereocenters. The number of hydrogen-bond donors (Lipinski definition) is 2. The Hall–Kier alpha value is -2.49. The number of hydrogen-bond acceptors (Lipinski definition) is 5. The van der Waals surface area contributed by atoms with Crippen molar-refractivity contribution in [1.29, 1.82) is 0 Å². The minimum atomic E-state index is -5.05. The number of nitrogens with zero attached hydrogens (tertiary/aromatic N) is 1. The molecule has 1 aromatic carbocycles. The van der Waals surface area contributed by atoms with Crippen molar-refractivity contribution in [3.63, 3.8) is 0 Å². The maximum absolute atomic E-state index is 12.6. The first-order valence-corrected chi connectivity index (χ1v) is 4.58. The van der Waals surface area contributed by atoms with Gasteiger partial charge in [0.1, 0.15) is 11.1 Å². The van der Waals surface area contributed by atoms with Gasteiger partial charge in [0, 0.05) is 5.56 Å². The molecule has 0 heterocycles. The van der Waals surface area contributed by atoms with E-state index < -0.39 is 39.4 Å². The maximum Gasteiger partial charge on any atom is 0.423 e. The molecule has 0 spiro atoms. The summed E-state index contributed by atoms with van der Waals surface area (Å²) in [7, 11) is 0. The Balaban J connectivity index is 3.78. The Kier molecular flexibility index (Phi) is 3.85. The average Bonchev–Trinajstić information content (AvgIpc) is 2.34. The normalized spacial score (nSPS) is 10.9. The average molecular weight is 277 g/mol. The van der Waals surface area contributed by atoms with E-state index in [-0.39, 0.29) is 6.29 Å². The number of nitro groups is 1. The molecule has 19 heavy (non-hydrogen) atoms. The van der Waals surface area contributed by atoms with Gasteiger partial charge in [0.25, 0.3) is 11.6 Å². The van der Waals surface area contributed by atoms with Crippen LogP contribution >= 0.6 is 0 Å². The van der Waals surface area contributed by atoms with Crippen LogP contribution in [0, 0.1) is 10.1 Å². The highest BCUT2D eigenvalue weighted by Gasteiger charge is 2.41. The first-order chi connectivity index (χ1) is 8.73. The molecule has 0 bridgehead atoms. The second-order valence-electron chi connectivity index (χ2n) is 3.27. The molecule has 7 nitrogen and oxygen atoms in total. The number of alkyl halides is 3. The Labute approximate surface area is 103 Å². The number of rotatable bonds is 3. The predicted molar refractivity (Wildman–Crippen MR) is 55.1 cm³/mol. The van der Waals surface area contributed by atoms with E-state index in [0.717, 1.165) is 0 Å². The van der Waals surface area contributed by atoms with E-state index in [0.29, 0.717) is 12.1 Å². The van der Waals surface area contributed by atoms with Crippen molar-refractivity contribution in [3.05, 3.63) is 38.9 Å². The van der Waals surface area contributed by atoms with E-state index >= 15 is 0 Å². The highest BCUT2D eigenvalue weighted by Crippen LogP contribution is 2.38. The van der Waals surface area contributed by atoms with Gasteiger partial charge in [0.05, 0.1) is 4.92 Å². The molecule has 0 aliphatic rings. The lowest BCUT2D eigenvalue weighted by molar-refractivity contribution is -0.388. The number of nitro benzene ring substituents is 1. The molecule has 10 heteroatoms. The minimum Gasteiger partial charge on any atom is -0.298 e. The lowest BCUT2D eigenvalue weighted by atomic mass is 10.0. The fourth-order valence-corrected chi connectivity index (χ4v) is 1.43. The van der Waals surface area contributed by atoms with E-state index in [2.05, 4.69) is 0 Å². The van der Waals surface area contributed by atoms with Crippen LogP contribution in [0.5, 0.6) is 0 Å². The molecule has 0 aliphatic carbocycles. The molecular weight excluding hydrogens is 271 g/mol. The smallest absolute Gasteiger partial charge is 0.298 e. The summed E-state index contributed by atoms with van der Waals surface area (Å²) in [5.74, 6) is 3.38. The molecule has 0 aromatic heterocycles. The molecule has 0 unspecified atom stereocenters. The van der Waals surface area contributed by atoms with Crippen LogP contribution in [0.1, 0.15) is 26.3 Å². The fraction of sp³-hybridized carbons (Fsp3) is 0.111. The van der Waals surface area contributed by atoms with Crippen molar-refractivity contribution < 1.29 is 27.7 Å². The van der Waals surface area contributed by atoms with Crippen molar-refractivity contribution in [3.8, 4) is 0 Å².